The summed E-state index contributed by atoms with van der Waals surface area (Å²) < 4.78 is 2.30. The number of fused-ring (bicyclic) bond motifs is 2. The van der Waals surface area contributed by atoms with Gasteiger partial charge in [-0.05, 0) is 34.0 Å². The van der Waals surface area contributed by atoms with E-state index in [1.54, 1.807) is 6.20 Å². The summed E-state index contributed by atoms with van der Waals surface area (Å²) in [7, 11) is 0. The first-order chi connectivity index (χ1) is 14.2. The third-order valence-corrected chi connectivity index (χ3v) is 6.21. The van der Waals surface area contributed by atoms with Crippen LogP contribution in [0.1, 0.15) is 5.56 Å². The van der Waals surface area contributed by atoms with Crippen LogP contribution in [0.3, 0.4) is 0 Å². The number of aromatic nitrogens is 4. The Labute approximate surface area is 178 Å². The van der Waals surface area contributed by atoms with Crippen molar-refractivity contribution in [3.05, 3.63) is 93.4 Å². The second kappa shape index (κ2) is 7.50. The van der Waals surface area contributed by atoms with Crippen molar-refractivity contribution in [3.63, 3.8) is 0 Å². The number of nitrogens with zero attached hydrogens (tertiary/aromatic N) is 3. The lowest BCUT2D eigenvalue weighted by molar-refractivity contribution is 0.787. The van der Waals surface area contributed by atoms with E-state index in [0.717, 1.165) is 15.6 Å². The summed E-state index contributed by atoms with van der Waals surface area (Å²) in [6.07, 6.45) is 1.68. The zero-order valence-corrected chi connectivity index (χ0v) is 17.6. The van der Waals surface area contributed by atoms with Gasteiger partial charge in [-0.25, -0.2) is 9.78 Å². The SMILES string of the molecule is O=c1[nH]c(SCc2cccc3ccccc23)nc2c(-c3ccc(Br)cc3)cnn12. The van der Waals surface area contributed by atoms with Gasteiger partial charge in [-0.1, -0.05) is 82.3 Å². The van der Waals surface area contributed by atoms with E-state index in [0.29, 0.717) is 16.6 Å². The number of halogens is 1. The molecule has 0 unspecified atom stereocenters. The zero-order valence-electron chi connectivity index (χ0n) is 15.2. The predicted molar refractivity (Wildman–Crippen MR) is 120 cm³/mol. The molecule has 5 rings (SSSR count). The average molecular weight is 463 g/mol. The van der Waals surface area contributed by atoms with Crippen LogP contribution in [0.2, 0.25) is 0 Å². The monoisotopic (exact) mass is 462 g/mol. The Hall–Kier alpha value is -2.90. The number of rotatable bonds is 4. The van der Waals surface area contributed by atoms with Gasteiger partial charge in [0.15, 0.2) is 10.8 Å². The van der Waals surface area contributed by atoms with Crippen LogP contribution >= 0.6 is 27.7 Å². The molecular weight excluding hydrogens is 448 g/mol. The van der Waals surface area contributed by atoms with Crippen molar-refractivity contribution >= 4 is 44.1 Å². The molecule has 3 aromatic carbocycles. The van der Waals surface area contributed by atoms with E-state index < -0.39 is 0 Å². The number of nitrogens with one attached hydrogen (secondary N) is 1. The van der Waals surface area contributed by atoms with E-state index in [4.69, 9.17) is 0 Å². The minimum absolute atomic E-state index is 0.293. The lowest BCUT2D eigenvalue weighted by Gasteiger charge is -2.06. The molecule has 0 amide bonds. The van der Waals surface area contributed by atoms with Gasteiger partial charge in [-0.2, -0.15) is 9.61 Å². The molecule has 1 N–H and O–H groups in total. The topological polar surface area (TPSA) is 63.0 Å². The molecule has 0 saturated heterocycles. The number of hydrogen-bond donors (Lipinski definition) is 1. The number of benzene rings is 3. The fourth-order valence-electron chi connectivity index (χ4n) is 3.33. The first kappa shape index (κ1) is 18.1. The van der Waals surface area contributed by atoms with Crippen LogP contribution in [0.15, 0.2) is 87.4 Å². The molecule has 0 saturated carbocycles. The highest BCUT2D eigenvalue weighted by molar-refractivity contribution is 9.10. The van der Waals surface area contributed by atoms with Crippen LogP contribution in [0, 0.1) is 0 Å². The summed E-state index contributed by atoms with van der Waals surface area (Å²) in [6.45, 7) is 0. The Morgan fingerprint density at radius 1 is 1.00 bits per heavy atom. The van der Waals surface area contributed by atoms with Gasteiger partial charge in [-0.15, -0.1) is 0 Å². The average Bonchev–Trinajstić information content (AvgIpc) is 3.17. The fraction of sp³-hybridized carbons (Fsp3) is 0.0455. The molecule has 5 aromatic rings. The molecule has 0 radical (unpaired) electrons. The van der Waals surface area contributed by atoms with Gasteiger partial charge in [0.25, 0.3) is 0 Å². The fourth-order valence-corrected chi connectivity index (χ4v) is 4.45. The lowest BCUT2D eigenvalue weighted by Crippen LogP contribution is -2.19. The maximum Gasteiger partial charge on any atom is 0.350 e. The quantitative estimate of drug-likeness (QED) is 0.368. The predicted octanol–water partition coefficient (Wildman–Crippen LogP) is 5.29. The summed E-state index contributed by atoms with van der Waals surface area (Å²) in [4.78, 5) is 20.0. The van der Waals surface area contributed by atoms with E-state index in [-0.39, 0.29) is 5.69 Å². The first-order valence-corrected chi connectivity index (χ1v) is 10.8. The van der Waals surface area contributed by atoms with Crippen molar-refractivity contribution in [2.75, 3.05) is 0 Å². The highest BCUT2D eigenvalue weighted by Crippen LogP contribution is 2.28. The standard InChI is InChI=1S/C22H15BrN4OS/c23-17-10-8-15(9-11-17)19-12-24-27-20(19)25-21(26-22(27)28)29-13-16-6-3-5-14-4-1-2-7-18(14)16/h1-12H,13H2,(H,25,26,28). The zero-order chi connectivity index (χ0) is 19.8. The Kier molecular flexibility index (Phi) is 4.69. The van der Waals surface area contributed by atoms with Crippen LogP contribution in [0.5, 0.6) is 0 Å². The Balaban J connectivity index is 1.51. The van der Waals surface area contributed by atoms with Gasteiger partial charge >= 0.3 is 5.69 Å². The Morgan fingerprint density at radius 3 is 2.66 bits per heavy atom. The number of H-pyrrole nitrogens is 1. The van der Waals surface area contributed by atoms with Crippen LogP contribution in [-0.2, 0) is 5.75 Å². The summed E-state index contributed by atoms with van der Waals surface area (Å²) in [5.41, 5.74) is 3.26. The van der Waals surface area contributed by atoms with Gasteiger partial charge in [-0.3, -0.25) is 4.98 Å². The van der Waals surface area contributed by atoms with Crippen LogP contribution in [0.25, 0.3) is 27.5 Å². The highest BCUT2D eigenvalue weighted by Gasteiger charge is 2.13. The molecular formula is C22H15BrN4OS. The van der Waals surface area contributed by atoms with Crippen LogP contribution in [-0.4, -0.2) is 19.6 Å². The van der Waals surface area contributed by atoms with Gasteiger partial charge in [0.2, 0.25) is 0 Å². The number of hydrogen-bond acceptors (Lipinski definition) is 4. The molecule has 0 aliphatic rings. The van der Waals surface area contributed by atoms with Gasteiger partial charge < -0.3 is 0 Å². The molecule has 0 atom stereocenters. The number of thioether (sulfide) groups is 1. The minimum Gasteiger partial charge on any atom is -0.285 e. The van der Waals surface area contributed by atoms with E-state index in [1.165, 1.54) is 32.6 Å². The van der Waals surface area contributed by atoms with Gasteiger partial charge in [0, 0.05) is 15.8 Å². The van der Waals surface area contributed by atoms with E-state index in [2.05, 4.69) is 61.3 Å². The van der Waals surface area contributed by atoms with Crippen molar-refractivity contribution in [3.8, 4) is 11.1 Å². The summed E-state index contributed by atoms with van der Waals surface area (Å²) in [5, 5.41) is 7.20. The second-order valence-corrected chi connectivity index (χ2v) is 8.45. The van der Waals surface area contributed by atoms with Crippen molar-refractivity contribution in [2.45, 2.75) is 10.9 Å². The lowest BCUT2D eigenvalue weighted by atomic mass is 10.1. The first-order valence-electron chi connectivity index (χ1n) is 9.02. The van der Waals surface area contributed by atoms with E-state index in [1.807, 2.05) is 36.4 Å². The van der Waals surface area contributed by atoms with E-state index in [9.17, 15) is 4.79 Å². The van der Waals surface area contributed by atoms with Crippen molar-refractivity contribution < 1.29 is 0 Å². The maximum atomic E-state index is 12.5. The second-order valence-electron chi connectivity index (χ2n) is 6.57. The largest absolute Gasteiger partial charge is 0.350 e. The molecule has 0 bridgehead atoms. The van der Waals surface area contributed by atoms with Crippen LogP contribution in [0.4, 0.5) is 0 Å². The summed E-state index contributed by atoms with van der Waals surface area (Å²) in [5.74, 6) is 0.711. The third-order valence-electron chi connectivity index (χ3n) is 4.76. The molecule has 0 spiro atoms. The molecule has 2 aromatic heterocycles. The van der Waals surface area contributed by atoms with Crippen molar-refractivity contribution in [2.24, 2.45) is 0 Å². The molecule has 7 heteroatoms. The molecule has 5 nitrogen and oxygen atoms in total. The summed E-state index contributed by atoms with van der Waals surface area (Å²) in [6, 6.07) is 22.4. The normalized spacial score (nSPS) is 11.3. The van der Waals surface area contributed by atoms with Crippen LogP contribution < -0.4 is 5.69 Å². The van der Waals surface area contributed by atoms with E-state index >= 15 is 0 Å². The van der Waals surface area contributed by atoms with Crippen molar-refractivity contribution in [1.82, 2.24) is 19.6 Å². The molecule has 2 heterocycles. The molecule has 142 valence electrons. The Bertz CT molecular complexity index is 1390. The maximum absolute atomic E-state index is 12.5. The number of aromatic amines is 1. The molecule has 0 aliphatic heterocycles. The summed E-state index contributed by atoms with van der Waals surface area (Å²) >= 11 is 4.96. The minimum atomic E-state index is -0.293. The molecule has 0 fully saturated rings. The third kappa shape index (κ3) is 3.47. The molecule has 29 heavy (non-hydrogen) atoms. The van der Waals surface area contributed by atoms with Gasteiger partial charge in [0.1, 0.15) is 0 Å². The van der Waals surface area contributed by atoms with Gasteiger partial charge in [0.05, 0.1) is 6.20 Å². The Morgan fingerprint density at radius 2 is 1.79 bits per heavy atom. The van der Waals surface area contributed by atoms with Crippen molar-refractivity contribution in [1.29, 1.82) is 0 Å². The molecule has 0 aliphatic carbocycles. The smallest absolute Gasteiger partial charge is 0.285 e. The highest BCUT2D eigenvalue weighted by atomic mass is 79.9.